The van der Waals surface area contributed by atoms with Crippen LogP contribution in [-0.2, 0) is 0 Å². The van der Waals surface area contributed by atoms with E-state index in [9.17, 15) is 10.1 Å². The van der Waals surface area contributed by atoms with Crippen molar-refractivity contribution in [3.05, 3.63) is 27.4 Å². The van der Waals surface area contributed by atoms with Crippen molar-refractivity contribution in [2.75, 3.05) is 18.4 Å². The fraction of sp³-hybridized carbons (Fsp3) is 0.583. The molecule has 6 nitrogen and oxygen atoms in total. The Bertz CT molecular complexity index is 511. The number of halogens is 1. The van der Waals surface area contributed by atoms with Gasteiger partial charge < -0.3 is 5.32 Å². The Morgan fingerprint density at radius 1 is 1.42 bits per heavy atom. The van der Waals surface area contributed by atoms with Crippen molar-refractivity contribution in [2.24, 2.45) is 0 Å². The summed E-state index contributed by atoms with van der Waals surface area (Å²) in [5.74, 6) is 0.288. The van der Waals surface area contributed by atoms with Crippen LogP contribution in [0.4, 0.5) is 11.5 Å². The molecule has 102 valence electrons. The van der Waals surface area contributed by atoms with E-state index in [2.05, 4.69) is 15.2 Å². The van der Waals surface area contributed by atoms with Gasteiger partial charge in [0.1, 0.15) is 5.15 Å². The second-order valence-electron chi connectivity index (χ2n) is 5.04. The lowest BCUT2D eigenvalue weighted by Gasteiger charge is -2.21. The molecule has 0 bridgehead atoms. The van der Waals surface area contributed by atoms with Crippen LogP contribution in [0.25, 0.3) is 0 Å². The zero-order valence-electron chi connectivity index (χ0n) is 10.4. The highest BCUT2D eigenvalue weighted by molar-refractivity contribution is 6.29. The molecule has 2 fully saturated rings. The molecule has 3 heterocycles. The SMILES string of the molecule is O=[N+]([O-])c1ccc(Cl)nc1NC1CCN2CCCC12. The maximum Gasteiger partial charge on any atom is 0.311 e. The normalized spacial score (nSPS) is 26.4. The molecule has 19 heavy (non-hydrogen) atoms. The molecule has 1 N–H and O–H groups in total. The molecule has 0 amide bonds. The molecule has 0 saturated carbocycles. The maximum absolute atomic E-state index is 11.0. The van der Waals surface area contributed by atoms with Gasteiger partial charge in [-0.05, 0) is 31.9 Å². The molecule has 1 aromatic rings. The van der Waals surface area contributed by atoms with Gasteiger partial charge in [0.25, 0.3) is 0 Å². The molecular formula is C12H15ClN4O2. The van der Waals surface area contributed by atoms with E-state index in [-0.39, 0.29) is 22.7 Å². The van der Waals surface area contributed by atoms with E-state index in [0.29, 0.717) is 6.04 Å². The standard InChI is InChI=1S/C12H15ClN4O2/c13-11-4-3-10(17(18)19)12(15-11)14-8-5-7-16-6-1-2-9(8)16/h3-4,8-9H,1-2,5-7H2,(H,14,15). The Labute approximate surface area is 115 Å². The average molecular weight is 283 g/mol. The van der Waals surface area contributed by atoms with Crippen molar-refractivity contribution >= 4 is 23.1 Å². The quantitative estimate of drug-likeness (QED) is 0.523. The molecule has 2 unspecified atom stereocenters. The summed E-state index contributed by atoms with van der Waals surface area (Å²) in [6.07, 6.45) is 3.34. The van der Waals surface area contributed by atoms with Gasteiger partial charge in [-0.3, -0.25) is 15.0 Å². The van der Waals surface area contributed by atoms with Crippen molar-refractivity contribution < 1.29 is 4.92 Å². The Kier molecular flexibility index (Phi) is 3.28. The van der Waals surface area contributed by atoms with Crippen LogP contribution in [-0.4, -0.2) is 40.0 Å². The fourth-order valence-electron chi connectivity index (χ4n) is 3.11. The molecule has 2 aliphatic rings. The predicted octanol–water partition coefficient (Wildman–Crippen LogP) is 2.29. The van der Waals surface area contributed by atoms with Gasteiger partial charge in [0.2, 0.25) is 5.82 Å². The number of hydrogen-bond donors (Lipinski definition) is 1. The molecule has 2 atom stereocenters. The summed E-state index contributed by atoms with van der Waals surface area (Å²) in [5.41, 5.74) is -0.0131. The second-order valence-corrected chi connectivity index (χ2v) is 5.43. The van der Waals surface area contributed by atoms with Crippen molar-refractivity contribution in [1.29, 1.82) is 0 Å². The van der Waals surface area contributed by atoms with Gasteiger partial charge in [-0.15, -0.1) is 0 Å². The summed E-state index contributed by atoms with van der Waals surface area (Å²) in [4.78, 5) is 17.1. The summed E-state index contributed by atoms with van der Waals surface area (Å²) in [6, 6.07) is 3.55. The first kappa shape index (κ1) is 12.6. The lowest BCUT2D eigenvalue weighted by molar-refractivity contribution is -0.384. The fourth-order valence-corrected chi connectivity index (χ4v) is 3.26. The molecule has 3 rings (SSSR count). The van der Waals surface area contributed by atoms with Crippen molar-refractivity contribution in [3.63, 3.8) is 0 Å². The van der Waals surface area contributed by atoms with E-state index in [4.69, 9.17) is 11.6 Å². The first-order valence-corrected chi connectivity index (χ1v) is 6.84. The third kappa shape index (κ3) is 2.37. The molecule has 2 saturated heterocycles. The number of rotatable bonds is 3. The molecule has 2 aliphatic heterocycles. The van der Waals surface area contributed by atoms with Crippen LogP contribution in [0.1, 0.15) is 19.3 Å². The minimum Gasteiger partial charge on any atom is -0.360 e. The number of nitrogens with zero attached hydrogens (tertiary/aromatic N) is 3. The molecular weight excluding hydrogens is 268 g/mol. The van der Waals surface area contributed by atoms with Crippen LogP contribution in [0.5, 0.6) is 0 Å². The molecule has 0 radical (unpaired) electrons. The molecule has 7 heteroatoms. The van der Waals surface area contributed by atoms with Crippen molar-refractivity contribution in [3.8, 4) is 0 Å². The lowest BCUT2D eigenvalue weighted by atomic mass is 10.1. The van der Waals surface area contributed by atoms with Gasteiger partial charge in [-0.2, -0.15) is 0 Å². The Hall–Kier alpha value is -1.40. The highest BCUT2D eigenvalue weighted by Crippen LogP contribution is 2.32. The molecule has 0 aromatic carbocycles. The Morgan fingerprint density at radius 3 is 3.05 bits per heavy atom. The van der Waals surface area contributed by atoms with Gasteiger partial charge in [-0.25, -0.2) is 4.98 Å². The largest absolute Gasteiger partial charge is 0.360 e. The van der Waals surface area contributed by atoms with Gasteiger partial charge in [0.15, 0.2) is 0 Å². The van der Waals surface area contributed by atoms with E-state index >= 15 is 0 Å². The Balaban J connectivity index is 1.83. The van der Waals surface area contributed by atoms with Gasteiger partial charge in [0, 0.05) is 24.7 Å². The van der Waals surface area contributed by atoms with Crippen molar-refractivity contribution in [1.82, 2.24) is 9.88 Å². The second kappa shape index (κ2) is 4.94. The number of pyridine rings is 1. The van der Waals surface area contributed by atoms with Gasteiger partial charge >= 0.3 is 5.69 Å². The zero-order valence-corrected chi connectivity index (χ0v) is 11.1. The predicted molar refractivity (Wildman–Crippen MR) is 72.5 cm³/mol. The van der Waals surface area contributed by atoms with Crippen LogP contribution in [0, 0.1) is 10.1 Å². The van der Waals surface area contributed by atoms with Crippen LogP contribution in [0.15, 0.2) is 12.1 Å². The molecule has 0 spiro atoms. The number of nitrogens with one attached hydrogen (secondary N) is 1. The minimum absolute atomic E-state index is 0.0131. The van der Waals surface area contributed by atoms with Gasteiger partial charge in [-0.1, -0.05) is 11.6 Å². The Morgan fingerprint density at radius 2 is 2.26 bits per heavy atom. The van der Waals surface area contributed by atoms with E-state index in [0.717, 1.165) is 25.9 Å². The van der Waals surface area contributed by atoms with Crippen LogP contribution in [0.3, 0.4) is 0 Å². The van der Waals surface area contributed by atoms with E-state index in [1.807, 2.05) is 0 Å². The highest BCUT2D eigenvalue weighted by atomic mass is 35.5. The van der Waals surface area contributed by atoms with Crippen LogP contribution < -0.4 is 5.32 Å². The highest BCUT2D eigenvalue weighted by Gasteiger charge is 2.38. The number of anilines is 1. The number of aromatic nitrogens is 1. The smallest absolute Gasteiger partial charge is 0.311 e. The first-order chi connectivity index (χ1) is 9.15. The number of nitro groups is 1. The van der Waals surface area contributed by atoms with E-state index in [1.165, 1.54) is 18.6 Å². The lowest BCUT2D eigenvalue weighted by Crippen LogP contribution is -2.34. The monoisotopic (exact) mass is 282 g/mol. The summed E-state index contributed by atoms with van der Waals surface area (Å²) in [6.45, 7) is 2.19. The molecule has 1 aromatic heterocycles. The maximum atomic E-state index is 11.0. The van der Waals surface area contributed by atoms with Crippen LogP contribution >= 0.6 is 11.6 Å². The van der Waals surface area contributed by atoms with Crippen LogP contribution in [0.2, 0.25) is 5.15 Å². The average Bonchev–Trinajstić information content (AvgIpc) is 2.94. The summed E-state index contributed by atoms with van der Waals surface area (Å²) < 4.78 is 0. The summed E-state index contributed by atoms with van der Waals surface area (Å²) in [5, 5.41) is 14.5. The van der Waals surface area contributed by atoms with Crippen molar-refractivity contribution in [2.45, 2.75) is 31.3 Å². The van der Waals surface area contributed by atoms with E-state index < -0.39 is 4.92 Å². The minimum atomic E-state index is -0.424. The summed E-state index contributed by atoms with van der Waals surface area (Å²) >= 11 is 5.83. The first-order valence-electron chi connectivity index (χ1n) is 6.46. The number of fused-ring (bicyclic) bond motifs is 1. The summed E-state index contributed by atoms with van der Waals surface area (Å²) in [7, 11) is 0. The number of hydrogen-bond acceptors (Lipinski definition) is 5. The topological polar surface area (TPSA) is 71.3 Å². The van der Waals surface area contributed by atoms with Gasteiger partial charge in [0.05, 0.1) is 4.92 Å². The third-order valence-electron chi connectivity index (χ3n) is 3.96. The third-order valence-corrected chi connectivity index (χ3v) is 4.18. The molecule has 0 aliphatic carbocycles. The van der Waals surface area contributed by atoms with E-state index in [1.54, 1.807) is 0 Å². The zero-order chi connectivity index (χ0) is 13.4.